The molecule has 0 saturated carbocycles. The number of halogens is 5. The number of nitrogens with one attached hydrogen (secondary N) is 2. The summed E-state index contributed by atoms with van der Waals surface area (Å²) in [4.78, 5) is 52.4. The monoisotopic (exact) mass is 1250 g/mol. The van der Waals surface area contributed by atoms with Gasteiger partial charge in [0.05, 0.1) is 21.4 Å². The summed E-state index contributed by atoms with van der Waals surface area (Å²) < 4.78 is 37.4. The van der Waals surface area contributed by atoms with Gasteiger partial charge in [-0.05, 0) is 195 Å². The van der Waals surface area contributed by atoms with Gasteiger partial charge in [0.25, 0.3) is 0 Å². The fourth-order valence-corrected chi connectivity index (χ4v) is 9.18. The molecule has 12 nitrogen and oxygen atoms in total. The summed E-state index contributed by atoms with van der Waals surface area (Å²) in [6.07, 6.45) is -1.97. The average molecular weight is 1260 g/mol. The Morgan fingerprint density at radius 2 is 1.11 bits per heavy atom. The third kappa shape index (κ3) is 17.7. The summed E-state index contributed by atoms with van der Waals surface area (Å²) in [7, 11) is 1.63. The lowest BCUT2D eigenvalue weighted by molar-refractivity contribution is -0.158. The quantitative estimate of drug-likeness (QED) is 0.0812. The minimum atomic E-state index is -1.13. The first-order valence-corrected chi connectivity index (χ1v) is 21.9. The van der Waals surface area contributed by atoms with Gasteiger partial charge < -0.3 is 39.1 Å². The molecule has 0 aliphatic heterocycles. The highest BCUT2D eigenvalue weighted by molar-refractivity contribution is 14.1. The number of rotatable bonds is 14. The predicted molar refractivity (Wildman–Crippen MR) is 239 cm³/mol. The molecular formula is C36H47BrI4N2O10. The van der Waals surface area contributed by atoms with E-state index in [0.717, 1.165) is 25.6 Å². The van der Waals surface area contributed by atoms with E-state index in [1.165, 1.54) is 0 Å². The van der Waals surface area contributed by atoms with E-state index in [0.29, 0.717) is 11.5 Å². The van der Waals surface area contributed by atoms with Crippen molar-refractivity contribution in [3.05, 3.63) is 44.1 Å². The van der Waals surface area contributed by atoms with Crippen LogP contribution in [0, 0.1) is 14.3 Å². The molecule has 296 valence electrons. The molecular weight excluding hydrogens is 1210 g/mol. The second kappa shape index (κ2) is 20.9. The summed E-state index contributed by atoms with van der Waals surface area (Å²) in [5, 5.41) is 5.48. The van der Waals surface area contributed by atoms with E-state index in [-0.39, 0.29) is 24.6 Å². The fraction of sp³-hybridized carbons (Fsp3) is 0.556. The molecule has 2 aromatic carbocycles. The number of methoxy groups -OCH3 is 1. The molecule has 2 aromatic rings. The highest BCUT2D eigenvalue weighted by atomic mass is 127. The van der Waals surface area contributed by atoms with Crippen molar-refractivity contribution in [3.8, 4) is 17.2 Å². The molecule has 17 heteroatoms. The van der Waals surface area contributed by atoms with Gasteiger partial charge in [0.1, 0.15) is 46.5 Å². The van der Waals surface area contributed by atoms with Gasteiger partial charge >= 0.3 is 24.1 Å². The first-order chi connectivity index (χ1) is 24.3. The Hall–Kier alpha value is -1.08. The molecule has 0 aliphatic carbocycles. The maximum atomic E-state index is 13.8. The summed E-state index contributed by atoms with van der Waals surface area (Å²) >= 11 is 12.2. The van der Waals surface area contributed by atoms with Crippen LogP contribution in [-0.2, 0) is 35.0 Å². The molecule has 0 aliphatic rings. The van der Waals surface area contributed by atoms with Crippen molar-refractivity contribution >= 4 is 130 Å². The van der Waals surface area contributed by atoms with Gasteiger partial charge in [0.2, 0.25) is 0 Å². The first-order valence-electron chi connectivity index (χ1n) is 16.5. The highest BCUT2D eigenvalue weighted by Gasteiger charge is 2.32. The maximum absolute atomic E-state index is 13.8. The topological polar surface area (TPSA) is 148 Å². The lowest BCUT2D eigenvalue weighted by Crippen LogP contribution is -2.47. The van der Waals surface area contributed by atoms with Crippen LogP contribution in [0.25, 0.3) is 0 Å². The number of ether oxygens (including phenoxy) is 6. The van der Waals surface area contributed by atoms with Crippen molar-refractivity contribution in [2.75, 3.05) is 12.4 Å². The predicted octanol–water partition coefficient (Wildman–Crippen LogP) is 9.66. The number of carbonyl (C=O) groups is 4. The second-order valence-electron chi connectivity index (χ2n) is 14.8. The van der Waals surface area contributed by atoms with Crippen LogP contribution in [0.15, 0.2) is 24.3 Å². The fourth-order valence-electron chi connectivity index (χ4n) is 4.45. The van der Waals surface area contributed by atoms with Crippen molar-refractivity contribution in [2.45, 2.75) is 117 Å². The molecule has 2 N–H and O–H groups in total. The number of hydrogen-bond donors (Lipinski definition) is 2. The van der Waals surface area contributed by atoms with E-state index in [9.17, 15) is 19.2 Å². The summed E-state index contributed by atoms with van der Waals surface area (Å²) in [5.74, 6) is 0.704. The van der Waals surface area contributed by atoms with Crippen molar-refractivity contribution < 1.29 is 47.6 Å². The minimum Gasteiger partial charge on any atom is -0.495 e. The zero-order chi connectivity index (χ0) is 40.5. The van der Waals surface area contributed by atoms with Crippen LogP contribution < -0.4 is 20.1 Å². The Morgan fingerprint density at radius 1 is 0.660 bits per heavy atom. The molecule has 0 spiro atoms. The Kier molecular flexibility index (Phi) is 19.0. The molecule has 0 fully saturated rings. The van der Waals surface area contributed by atoms with E-state index >= 15 is 0 Å². The average Bonchev–Trinajstić information content (AvgIpc) is 2.97. The highest BCUT2D eigenvalue weighted by Crippen LogP contribution is 2.37. The van der Waals surface area contributed by atoms with Gasteiger partial charge in [0.15, 0.2) is 5.75 Å². The molecule has 0 aromatic heterocycles. The van der Waals surface area contributed by atoms with E-state index in [4.69, 9.17) is 28.4 Å². The molecule has 3 atom stereocenters. The number of carbonyl (C=O) groups excluding carboxylic acids is 4. The molecule has 0 heterocycles. The van der Waals surface area contributed by atoms with E-state index < -0.39 is 59.1 Å². The van der Waals surface area contributed by atoms with Gasteiger partial charge in [-0.1, -0.05) is 15.9 Å². The Labute approximate surface area is 375 Å². The lowest BCUT2D eigenvalue weighted by atomic mass is 10.1. The molecule has 53 heavy (non-hydrogen) atoms. The van der Waals surface area contributed by atoms with Gasteiger partial charge in [-0.2, -0.15) is 0 Å². The molecule has 0 unspecified atom stereocenters. The standard InChI is InChI=1S/C36H47BrI4N2O10/c1-34(2,3)51-31(45)26(42-32(46)52-35(4,5)6)12-11-20(18-37)50-30(44)27(43-33(47)53-36(7,8)9)15-19-13-22(38)29(23(39)14-19)49-21-16-24(40)28(48-10)25(41)17-21/h13-14,16-17,20,26-27H,11-12,15,18H2,1-10H3,(H,42,46)(H,43,47)/t20-,26-,27-/m0/s1. The molecule has 2 amide bonds. The largest absolute Gasteiger partial charge is 0.495 e. The summed E-state index contributed by atoms with van der Waals surface area (Å²) in [5.41, 5.74) is -1.66. The van der Waals surface area contributed by atoms with Crippen molar-refractivity contribution in [1.82, 2.24) is 10.6 Å². The summed E-state index contributed by atoms with van der Waals surface area (Å²) in [6.45, 7) is 15.5. The first kappa shape index (κ1) is 48.1. The number of hydrogen-bond acceptors (Lipinski definition) is 10. The van der Waals surface area contributed by atoms with Crippen LogP contribution >= 0.6 is 106 Å². The normalized spacial score (nSPS) is 13.6. The maximum Gasteiger partial charge on any atom is 0.408 e. The zero-order valence-electron chi connectivity index (χ0n) is 31.3. The van der Waals surface area contributed by atoms with Crippen molar-refractivity contribution in [3.63, 3.8) is 0 Å². The van der Waals surface area contributed by atoms with Crippen LogP contribution in [-0.4, -0.2) is 71.6 Å². The van der Waals surface area contributed by atoms with Gasteiger partial charge in [-0.15, -0.1) is 0 Å². The van der Waals surface area contributed by atoms with Crippen LogP contribution in [0.4, 0.5) is 9.59 Å². The molecule has 0 bridgehead atoms. The van der Waals surface area contributed by atoms with Crippen LogP contribution in [0.5, 0.6) is 17.2 Å². The van der Waals surface area contributed by atoms with E-state index in [1.54, 1.807) is 69.4 Å². The third-order valence-corrected chi connectivity index (χ3v) is 10.4. The van der Waals surface area contributed by atoms with Crippen LogP contribution in [0.3, 0.4) is 0 Å². The Balaban J connectivity index is 2.32. The molecule has 0 saturated heterocycles. The van der Waals surface area contributed by atoms with E-state index in [1.807, 2.05) is 24.3 Å². The van der Waals surface area contributed by atoms with Gasteiger partial charge in [-0.25, -0.2) is 19.2 Å². The minimum absolute atomic E-state index is 0.0754. The lowest BCUT2D eigenvalue weighted by Gasteiger charge is -2.27. The SMILES string of the molecule is COc1c(I)cc(Oc2c(I)cc(C[C@H](NC(=O)OC(C)(C)C)C(=O)O[C@H](CBr)CC[C@H](NC(=O)OC(C)(C)C)C(=O)OC(C)(C)C)cc2I)cc1I. The second-order valence-corrected chi connectivity index (χ2v) is 20.1. The van der Waals surface area contributed by atoms with Crippen molar-refractivity contribution in [2.24, 2.45) is 0 Å². The van der Waals surface area contributed by atoms with Crippen molar-refractivity contribution in [1.29, 1.82) is 0 Å². The number of alkyl halides is 1. The van der Waals surface area contributed by atoms with Gasteiger partial charge in [0, 0.05) is 11.8 Å². The molecule has 2 rings (SSSR count). The smallest absolute Gasteiger partial charge is 0.408 e. The number of alkyl carbamates (subject to hydrolysis) is 2. The van der Waals surface area contributed by atoms with Crippen LogP contribution in [0.1, 0.15) is 80.7 Å². The third-order valence-electron chi connectivity index (χ3n) is 6.48. The summed E-state index contributed by atoms with van der Waals surface area (Å²) in [6, 6.07) is 5.34. The number of amides is 2. The van der Waals surface area contributed by atoms with Crippen LogP contribution in [0.2, 0.25) is 0 Å². The zero-order valence-corrected chi connectivity index (χ0v) is 41.6. The Morgan fingerprint density at radius 3 is 1.55 bits per heavy atom. The van der Waals surface area contributed by atoms with E-state index in [2.05, 4.69) is 117 Å². The van der Waals surface area contributed by atoms with Gasteiger partial charge in [-0.3, -0.25) is 0 Å². The Bertz CT molecular complexity index is 1580. The molecule has 0 radical (unpaired) electrons. The number of esters is 2. The number of benzene rings is 2.